The molecule has 27 heavy (non-hydrogen) atoms. The summed E-state index contributed by atoms with van der Waals surface area (Å²) in [5, 5.41) is 4.41. The monoisotopic (exact) mass is 367 g/mol. The second kappa shape index (κ2) is 6.86. The fourth-order valence-corrected chi connectivity index (χ4v) is 3.49. The number of aromatic nitrogens is 4. The van der Waals surface area contributed by atoms with E-state index in [1.807, 2.05) is 40.4 Å². The standard InChI is InChI=1S/C19H21N5O3/c1-3-24-15-8-10-23(11-13(15)17(21-24)19(26)27-4-2)18(25)14-12-22-9-6-5-7-16(22)20-14/h5-7,9,12H,3-4,8,10-11H2,1-2H3. The van der Waals surface area contributed by atoms with Crippen LogP contribution < -0.4 is 0 Å². The van der Waals surface area contributed by atoms with Gasteiger partial charge in [-0.05, 0) is 26.0 Å². The molecule has 0 fully saturated rings. The number of esters is 1. The van der Waals surface area contributed by atoms with Gasteiger partial charge in [0.05, 0.1) is 13.2 Å². The lowest BCUT2D eigenvalue weighted by Crippen LogP contribution is -2.37. The van der Waals surface area contributed by atoms with E-state index in [1.165, 1.54) is 0 Å². The van der Waals surface area contributed by atoms with Gasteiger partial charge < -0.3 is 14.0 Å². The van der Waals surface area contributed by atoms with Crippen molar-refractivity contribution in [3.63, 3.8) is 0 Å². The molecule has 8 heteroatoms. The van der Waals surface area contributed by atoms with Crippen LogP contribution in [0.5, 0.6) is 0 Å². The van der Waals surface area contributed by atoms with Crippen molar-refractivity contribution < 1.29 is 14.3 Å². The summed E-state index contributed by atoms with van der Waals surface area (Å²) in [6, 6.07) is 5.63. The van der Waals surface area contributed by atoms with Crippen LogP contribution in [0.15, 0.2) is 30.6 Å². The first-order valence-electron chi connectivity index (χ1n) is 9.11. The van der Waals surface area contributed by atoms with Crippen molar-refractivity contribution in [3.05, 3.63) is 53.2 Å². The molecule has 1 aliphatic rings. The van der Waals surface area contributed by atoms with Crippen molar-refractivity contribution in [1.82, 2.24) is 24.1 Å². The fourth-order valence-electron chi connectivity index (χ4n) is 3.49. The number of amides is 1. The van der Waals surface area contributed by atoms with Crippen LogP contribution >= 0.6 is 0 Å². The Morgan fingerprint density at radius 2 is 2.11 bits per heavy atom. The maximum Gasteiger partial charge on any atom is 0.359 e. The number of carbonyl (C=O) groups excluding carboxylic acids is 2. The Hall–Kier alpha value is -3.16. The summed E-state index contributed by atoms with van der Waals surface area (Å²) in [7, 11) is 0. The lowest BCUT2D eigenvalue weighted by atomic mass is 10.0. The minimum atomic E-state index is -0.442. The number of fused-ring (bicyclic) bond motifs is 2. The van der Waals surface area contributed by atoms with Gasteiger partial charge in [-0.15, -0.1) is 0 Å². The molecule has 0 bridgehead atoms. The number of ether oxygens (including phenoxy) is 1. The summed E-state index contributed by atoms with van der Waals surface area (Å²) in [5.74, 6) is -0.591. The lowest BCUT2D eigenvalue weighted by Gasteiger charge is -2.27. The number of imidazole rings is 1. The van der Waals surface area contributed by atoms with Gasteiger partial charge in [0.2, 0.25) is 0 Å². The molecule has 3 aromatic rings. The van der Waals surface area contributed by atoms with Gasteiger partial charge in [0.15, 0.2) is 5.69 Å². The van der Waals surface area contributed by atoms with Gasteiger partial charge >= 0.3 is 5.97 Å². The summed E-state index contributed by atoms with van der Waals surface area (Å²) in [6.07, 6.45) is 4.24. The highest BCUT2D eigenvalue weighted by molar-refractivity contribution is 5.94. The number of hydrogen-bond acceptors (Lipinski definition) is 5. The van der Waals surface area contributed by atoms with Crippen LogP contribution in [0.2, 0.25) is 0 Å². The molecule has 8 nitrogen and oxygen atoms in total. The van der Waals surface area contributed by atoms with Crippen molar-refractivity contribution in [3.8, 4) is 0 Å². The van der Waals surface area contributed by atoms with Gasteiger partial charge in [-0.3, -0.25) is 9.48 Å². The predicted octanol–water partition coefficient (Wildman–Crippen LogP) is 1.93. The van der Waals surface area contributed by atoms with Crippen LogP contribution in [-0.2, 0) is 24.2 Å². The van der Waals surface area contributed by atoms with Crippen LogP contribution in [0, 0.1) is 0 Å². The Balaban J connectivity index is 1.64. The van der Waals surface area contributed by atoms with Gasteiger partial charge in [-0.2, -0.15) is 5.10 Å². The smallest absolute Gasteiger partial charge is 0.359 e. The van der Waals surface area contributed by atoms with E-state index >= 15 is 0 Å². The van der Waals surface area contributed by atoms with E-state index < -0.39 is 5.97 Å². The number of hydrogen-bond donors (Lipinski definition) is 0. The zero-order chi connectivity index (χ0) is 19.0. The number of aryl methyl sites for hydroxylation is 1. The number of carbonyl (C=O) groups is 2. The number of nitrogens with zero attached hydrogens (tertiary/aromatic N) is 5. The van der Waals surface area contributed by atoms with Crippen LogP contribution in [0.1, 0.15) is 46.1 Å². The van der Waals surface area contributed by atoms with Crippen molar-refractivity contribution in [2.24, 2.45) is 0 Å². The Morgan fingerprint density at radius 3 is 2.85 bits per heavy atom. The van der Waals surface area contributed by atoms with E-state index in [9.17, 15) is 9.59 Å². The summed E-state index contributed by atoms with van der Waals surface area (Å²) >= 11 is 0. The molecule has 0 aromatic carbocycles. The van der Waals surface area contributed by atoms with Crippen molar-refractivity contribution in [1.29, 1.82) is 0 Å². The molecule has 1 amide bonds. The number of pyridine rings is 1. The first kappa shape index (κ1) is 17.3. The third-order valence-corrected chi connectivity index (χ3v) is 4.77. The Kier molecular flexibility index (Phi) is 4.39. The highest BCUT2D eigenvalue weighted by atomic mass is 16.5. The van der Waals surface area contributed by atoms with Gasteiger partial charge in [-0.25, -0.2) is 9.78 Å². The molecule has 1 aliphatic heterocycles. The average Bonchev–Trinajstić information content (AvgIpc) is 3.28. The summed E-state index contributed by atoms with van der Waals surface area (Å²) in [4.78, 5) is 31.4. The Labute approximate surface area is 156 Å². The highest BCUT2D eigenvalue weighted by Crippen LogP contribution is 2.24. The molecule has 0 saturated carbocycles. The predicted molar refractivity (Wildman–Crippen MR) is 97.5 cm³/mol. The van der Waals surface area contributed by atoms with E-state index in [0.717, 1.165) is 16.9 Å². The average molecular weight is 367 g/mol. The fraction of sp³-hybridized carbons (Fsp3) is 0.368. The van der Waals surface area contributed by atoms with Crippen molar-refractivity contribution in [2.75, 3.05) is 13.2 Å². The highest BCUT2D eigenvalue weighted by Gasteiger charge is 2.31. The molecular weight excluding hydrogens is 346 g/mol. The summed E-state index contributed by atoms with van der Waals surface area (Å²) in [5.41, 5.74) is 3.20. The van der Waals surface area contributed by atoms with Gasteiger partial charge in [0.1, 0.15) is 11.3 Å². The number of rotatable bonds is 4. The minimum Gasteiger partial charge on any atom is -0.461 e. The van der Waals surface area contributed by atoms with Crippen molar-refractivity contribution >= 4 is 17.5 Å². The third-order valence-electron chi connectivity index (χ3n) is 4.77. The molecule has 0 aliphatic carbocycles. The van der Waals surface area contributed by atoms with Crippen LogP contribution in [0.3, 0.4) is 0 Å². The third kappa shape index (κ3) is 2.97. The van der Waals surface area contributed by atoms with E-state index in [2.05, 4.69) is 10.1 Å². The molecule has 0 radical (unpaired) electrons. The molecule has 0 unspecified atom stereocenters. The largest absolute Gasteiger partial charge is 0.461 e. The molecule has 0 spiro atoms. The van der Waals surface area contributed by atoms with E-state index in [1.54, 1.807) is 18.0 Å². The molecule has 4 rings (SSSR count). The molecule has 0 atom stereocenters. The molecule has 0 N–H and O–H groups in total. The zero-order valence-corrected chi connectivity index (χ0v) is 15.4. The normalized spacial score (nSPS) is 13.6. The second-order valence-electron chi connectivity index (χ2n) is 6.38. The Morgan fingerprint density at radius 1 is 1.26 bits per heavy atom. The van der Waals surface area contributed by atoms with Gasteiger partial charge in [0.25, 0.3) is 5.91 Å². The lowest BCUT2D eigenvalue weighted by molar-refractivity contribution is 0.0513. The molecule has 0 saturated heterocycles. The first-order valence-corrected chi connectivity index (χ1v) is 9.11. The molecular formula is C19H21N5O3. The molecule has 4 heterocycles. The first-order chi connectivity index (χ1) is 13.1. The van der Waals surface area contributed by atoms with Crippen molar-refractivity contribution in [2.45, 2.75) is 33.4 Å². The van der Waals surface area contributed by atoms with E-state index in [-0.39, 0.29) is 12.5 Å². The van der Waals surface area contributed by atoms with Crippen LogP contribution in [0.25, 0.3) is 5.65 Å². The van der Waals surface area contributed by atoms with E-state index in [0.29, 0.717) is 37.4 Å². The maximum atomic E-state index is 13.0. The quantitative estimate of drug-likeness (QED) is 0.658. The van der Waals surface area contributed by atoms with E-state index in [4.69, 9.17) is 4.74 Å². The SMILES string of the molecule is CCOC(=O)c1nn(CC)c2c1CN(C(=O)c1cn3ccccc3n1)CC2. The Bertz CT molecular complexity index is 987. The second-order valence-corrected chi connectivity index (χ2v) is 6.38. The topological polar surface area (TPSA) is 81.7 Å². The zero-order valence-electron chi connectivity index (χ0n) is 15.4. The van der Waals surface area contributed by atoms with Crippen LogP contribution in [0.4, 0.5) is 0 Å². The van der Waals surface area contributed by atoms with Crippen LogP contribution in [-0.4, -0.2) is 49.1 Å². The maximum absolute atomic E-state index is 13.0. The van der Waals surface area contributed by atoms with Gasteiger partial charge in [-0.1, -0.05) is 6.07 Å². The molecule has 3 aromatic heterocycles. The van der Waals surface area contributed by atoms with Gasteiger partial charge in [0, 0.05) is 43.2 Å². The summed E-state index contributed by atoms with van der Waals surface area (Å²) in [6.45, 7) is 5.60. The minimum absolute atomic E-state index is 0.150. The molecule has 140 valence electrons. The summed E-state index contributed by atoms with van der Waals surface area (Å²) < 4.78 is 8.79.